The summed E-state index contributed by atoms with van der Waals surface area (Å²) in [6.07, 6.45) is 2.75. The van der Waals surface area contributed by atoms with E-state index in [1.165, 1.54) is 12.3 Å². The van der Waals surface area contributed by atoms with E-state index in [4.69, 9.17) is 0 Å². The van der Waals surface area contributed by atoms with Gasteiger partial charge in [0.25, 0.3) is 5.91 Å². The third-order valence-corrected chi connectivity index (χ3v) is 3.39. The number of carbonyl (C=O) groups excluding carboxylic acids is 2. The molecule has 0 bridgehead atoms. The zero-order valence-corrected chi connectivity index (χ0v) is 10.8. The molecule has 1 aromatic heterocycles. The van der Waals surface area contributed by atoms with Gasteiger partial charge in [-0.1, -0.05) is 0 Å². The maximum atomic E-state index is 12.2. The number of pyridine rings is 1. The Kier molecular flexibility index (Phi) is 3.99. The summed E-state index contributed by atoms with van der Waals surface area (Å²) in [5, 5.41) is 12.2. The third kappa shape index (κ3) is 2.83. The van der Waals surface area contributed by atoms with Crippen molar-refractivity contribution in [3.8, 4) is 5.75 Å². The van der Waals surface area contributed by atoms with E-state index in [0.29, 0.717) is 25.9 Å². The van der Waals surface area contributed by atoms with Crippen LogP contribution in [0.15, 0.2) is 18.3 Å². The summed E-state index contributed by atoms with van der Waals surface area (Å²) in [7, 11) is 1.62. The fourth-order valence-corrected chi connectivity index (χ4v) is 2.26. The first-order chi connectivity index (χ1) is 9.13. The molecule has 0 radical (unpaired) electrons. The van der Waals surface area contributed by atoms with Crippen molar-refractivity contribution in [2.75, 3.05) is 20.1 Å². The van der Waals surface area contributed by atoms with Crippen molar-refractivity contribution >= 4 is 11.8 Å². The molecule has 1 fully saturated rings. The van der Waals surface area contributed by atoms with E-state index in [2.05, 4.69) is 10.3 Å². The van der Waals surface area contributed by atoms with Crippen molar-refractivity contribution in [2.24, 2.45) is 5.92 Å². The van der Waals surface area contributed by atoms with Crippen LogP contribution in [0.3, 0.4) is 0 Å². The highest BCUT2D eigenvalue weighted by Gasteiger charge is 2.28. The number of aromatic nitrogens is 1. The molecule has 6 heteroatoms. The fourth-order valence-electron chi connectivity index (χ4n) is 2.26. The number of hydrogen-bond acceptors (Lipinski definition) is 4. The Labute approximate surface area is 111 Å². The van der Waals surface area contributed by atoms with Gasteiger partial charge in [0, 0.05) is 32.3 Å². The van der Waals surface area contributed by atoms with Crippen molar-refractivity contribution in [1.82, 2.24) is 15.2 Å². The average molecular weight is 263 g/mol. The third-order valence-electron chi connectivity index (χ3n) is 3.39. The molecule has 6 nitrogen and oxygen atoms in total. The normalized spacial score (nSPS) is 16.2. The number of aromatic hydroxyl groups is 1. The molecule has 0 aliphatic carbocycles. The summed E-state index contributed by atoms with van der Waals surface area (Å²) >= 11 is 0. The van der Waals surface area contributed by atoms with E-state index in [-0.39, 0.29) is 29.2 Å². The number of hydrogen-bond donors (Lipinski definition) is 2. The van der Waals surface area contributed by atoms with Crippen LogP contribution in [0.2, 0.25) is 0 Å². The van der Waals surface area contributed by atoms with E-state index in [1.54, 1.807) is 18.0 Å². The molecular formula is C13H17N3O3. The van der Waals surface area contributed by atoms with Crippen LogP contribution in [0.25, 0.3) is 0 Å². The van der Waals surface area contributed by atoms with Gasteiger partial charge in [0.2, 0.25) is 5.91 Å². The molecule has 2 amide bonds. The van der Waals surface area contributed by atoms with Crippen molar-refractivity contribution in [3.05, 3.63) is 24.0 Å². The lowest BCUT2D eigenvalue weighted by Crippen LogP contribution is -2.42. The SMILES string of the molecule is CNC(=O)C1CCN(C(=O)c2ncccc2O)CC1. The Bertz CT molecular complexity index is 482. The maximum Gasteiger partial charge on any atom is 0.276 e. The van der Waals surface area contributed by atoms with Crippen molar-refractivity contribution in [3.63, 3.8) is 0 Å². The van der Waals surface area contributed by atoms with Crippen LogP contribution < -0.4 is 5.32 Å². The second-order valence-corrected chi connectivity index (χ2v) is 4.55. The predicted octanol–water partition coefficient (Wildman–Crippen LogP) is 0.385. The molecule has 2 rings (SSSR count). The van der Waals surface area contributed by atoms with Crippen LogP contribution in [0.4, 0.5) is 0 Å². The number of carbonyl (C=O) groups is 2. The van der Waals surface area contributed by atoms with E-state index in [0.717, 1.165) is 0 Å². The smallest absolute Gasteiger partial charge is 0.276 e. The van der Waals surface area contributed by atoms with Gasteiger partial charge in [-0.15, -0.1) is 0 Å². The number of nitrogens with zero attached hydrogens (tertiary/aromatic N) is 2. The van der Waals surface area contributed by atoms with Gasteiger partial charge in [-0.25, -0.2) is 4.98 Å². The van der Waals surface area contributed by atoms with Gasteiger partial charge < -0.3 is 15.3 Å². The number of nitrogens with one attached hydrogen (secondary N) is 1. The molecule has 19 heavy (non-hydrogen) atoms. The first-order valence-corrected chi connectivity index (χ1v) is 6.28. The maximum absolute atomic E-state index is 12.2. The molecule has 1 aromatic rings. The molecule has 2 N–H and O–H groups in total. The lowest BCUT2D eigenvalue weighted by Gasteiger charge is -2.30. The minimum Gasteiger partial charge on any atom is -0.505 e. The summed E-state index contributed by atoms with van der Waals surface area (Å²) in [5.41, 5.74) is 0.0703. The Balaban J connectivity index is 2.00. The lowest BCUT2D eigenvalue weighted by molar-refractivity contribution is -0.125. The highest BCUT2D eigenvalue weighted by atomic mass is 16.3. The van der Waals surface area contributed by atoms with Crippen molar-refractivity contribution < 1.29 is 14.7 Å². The fraction of sp³-hybridized carbons (Fsp3) is 0.462. The topological polar surface area (TPSA) is 82.5 Å². The van der Waals surface area contributed by atoms with Crippen molar-refractivity contribution in [1.29, 1.82) is 0 Å². The summed E-state index contributed by atoms with van der Waals surface area (Å²) in [5.74, 6) is -0.409. The monoisotopic (exact) mass is 263 g/mol. The highest BCUT2D eigenvalue weighted by Crippen LogP contribution is 2.21. The number of amides is 2. The van der Waals surface area contributed by atoms with Crippen LogP contribution in [-0.2, 0) is 4.79 Å². The minimum absolute atomic E-state index is 0.0211. The van der Waals surface area contributed by atoms with Crippen LogP contribution in [0.5, 0.6) is 5.75 Å². The van der Waals surface area contributed by atoms with Gasteiger partial charge in [0.1, 0.15) is 5.75 Å². The highest BCUT2D eigenvalue weighted by molar-refractivity contribution is 5.95. The van der Waals surface area contributed by atoms with Crippen LogP contribution in [0.1, 0.15) is 23.3 Å². The molecule has 1 aliphatic heterocycles. The largest absolute Gasteiger partial charge is 0.505 e. The second kappa shape index (κ2) is 5.69. The molecule has 0 aromatic carbocycles. The summed E-state index contributed by atoms with van der Waals surface area (Å²) < 4.78 is 0. The Morgan fingerprint density at radius 1 is 1.42 bits per heavy atom. The minimum atomic E-state index is -0.284. The number of rotatable bonds is 2. The van der Waals surface area contributed by atoms with Gasteiger partial charge in [0.05, 0.1) is 0 Å². The molecule has 0 unspecified atom stereocenters. The molecule has 1 aliphatic rings. The molecule has 0 atom stereocenters. The van der Waals surface area contributed by atoms with E-state index in [1.807, 2.05) is 0 Å². The Morgan fingerprint density at radius 2 is 2.11 bits per heavy atom. The quantitative estimate of drug-likeness (QED) is 0.808. The van der Waals surface area contributed by atoms with Gasteiger partial charge in [-0.3, -0.25) is 9.59 Å². The summed E-state index contributed by atoms with van der Waals surface area (Å²) in [6, 6.07) is 3.02. The molecule has 102 valence electrons. The second-order valence-electron chi connectivity index (χ2n) is 4.55. The first kappa shape index (κ1) is 13.3. The van der Waals surface area contributed by atoms with Crippen LogP contribution in [0, 0.1) is 5.92 Å². The zero-order chi connectivity index (χ0) is 13.8. The molecule has 0 spiro atoms. The molecule has 2 heterocycles. The Hall–Kier alpha value is -2.11. The van der Waals surface area contributed by atoms with Gasteiger partial charge >= 0.3 is 0 Å². The molecule has 1 saturated heterocycles. The van der Waals surface area contributed by atoms with E-state index < -0.39 is 0 Å². The van der Waals surface area contributed by atoms with E-state index >= 15 is 0 Å². The zero-order valence-electron chi connectivity index (χ0n) is 10.8. The van der Waals surface area contributed by atoms with Gasteiger partial charge in [-0.05, 0) is 25.0 Å². The first-order valence-electron chi connectivity index (χ1n) is 6.28. The van der Waals surface area contributed by atoms with E-state index in [9.17, 15) is 14.7 Å². The summed E-state index contributed by atoms with van der Waals surface area (Å²) in [4.78, 5) is 29.2. The number of piperidine rings is 1. The van der Waals surface area contributed by atoms with Crippen LogP contribution in [-0.4, -0.2) is 46.9 Å². The van der Waals surface area contributed by atoms with Crippen molar-refractivity contribution in [2.45, 2.75) is 12.8 Å². The molecule has 0 saturated carbocycles. The predicted molar refractivity (Wildman–Crippen MR) is 68.6 cm³/mol. The lowest BCUT2D eigenvalue weighted by atomic mass is 9.96. The summed E-state index contributed by atoms with van der Waals surface area (Å²) in [6.45, 7) is 1.01. The van der Waals surface area contributed by atoms with Gasteiger partial charge in [-0.2, -0.15) is 0 Å². The Morgan fingerprint density at radius 3 is 2.68 bits per heavy atom. The number of likely N-dealkylation sites (tertiary alicyclic amines) is 1. The average Bonchev–Trinajstić information content (AvgIpc) is 2.46. The standard InChI is InChI=1S/C13H17N3O3/c1-14-12(18)9-4-7-16(8-5-9)13(19)11-10(17)3-2-6-15-11/h2-3,6,9,17H,4-5,7-8H2,1H3,(H,14,18). The van der Waals surface area contributed by atoms with Crippen LogP contribution >= 0.6 is 0 Å². The molecular weight excluding hydrogens is 246 g/mol. The van der Waals surface area contributed by atoms with Gasteiger partial charge in [0.15, 0.2) is 5.69 Å².